The average molecular weight is 564 g/mol. The van der Waals surface area contributed by atoms with Crippen LogP contribution >= 0.6 is 11.6 Å². The fraction of sp³-hybridized carbons (Fsp3) is 0.462. The lowest BCUT2D eigenvalue weighted by Gasteiger charge is -2.31. The first kappa shape index (κ1) is 28.2. The van der Waals surface area contributed by atoms with E-state index in [0.717, 1.165) is 0 Å². The summed E-state index contributed by atoms with van der Waals surface area (Å²) in [6, 6.07) is 2.72. The predicted molar refractivity (Wildman–Crippen MR) is 141 cm³/mol. The van der Waals surface area contributed by atoms with Gasteiger partial charge >= 0.3 is 12.1 Å². The fourth-order valence-corrected chi connectivity index (χ4v) is 4.13. The van der Waals surface area contributed by atoms with Crippen LogP contribution < -0.4 is 19.7 Å². The standard InChI is InChI=1S/C26H31ClFN5O6/c1-6-36-24(34)16-12-30-33-14-20-23(31-22(16)33)32(9-10-37-20)13-17-19(8-7-18(28)21(17)27)38-15(2)11-29-25(35)39-26(3,4)5/h7-8,12,14-15H,6,9-11,13H2,1-5H3,(H,29,35)/t15-/m0/s1. The van der Waals surface area contributed by atoms with E-state index in [9.17, 15) is 14.0 Å². The third-order valence-electron chi connectivity index (χ3n) is 5.62. The maximum absolute atomic E-state index is 14.6. The van der Waals surface area contributed by atoms with Crippen LogP contribution in [0.15, 0.2) is 24.5 Å². The van der Waals surface area contributed by atoms with Crippen LogP contribution in [0.5, 0.6) is 11.5 Å². The number of amides is 1. The number of fused-ring (bicyclic) bond motifs is 2. The molecule has 0 saturated heterocycles. The molecular weight excluding hydrogens is 533 g/mol. The van der Waals surface area contributed by atoms with Crippen LogP contribution in [0.2, 0.25) is 5.02 Å². The van der Waals surface area contributed by atoms with Crippen LogP contribution in [0.4, 0.5) is 15.0 Å². The maximum atomic E-state index is 14.6. The summed E-state index contributed by atoms with van der Waals surface area (Å²) < 4.78 is 38.2. The summed E-state index contributed by atoms with van der Waals surface area (Å²) >= 11 is 6.41. The van der Waals surface area contributed by atoms with Gasteiger partial charge < -0.3 is 29.2 Å². The summed E-state index contributed by atoms with van der Waals surface area (Å²) in [5, 5.41) is 6.75. The molecule has 4 rings (SSSR count). The third-order valence-corrected chi connectivity index (χ3v) is 6.03. The van der Waals surface area contributed by atoms with Gasteiger partial charge in [0.1, 0.15) is 35.4 Å². The van der Waals surface area contributed by atoms with E-state index in [0.29, 0.717) is 41.7 Å². The fourth-order valence-electron chi connectivity index (χ4n) is 3.92. The van der Waals surface area contributed by atoms with Crippen molar-refractivity contribution in [1.29, 1.82) is 0 Å². The molecule has 13 heteroatoms. The smallest absolute Gasteiger partial charge is 0.407 e. The van der Waals surface area contributed by atoms with E-state index < -0.39 is 29.6 Å². The van der Waals surface area contributed by atoms with Crippen molar-refractivity contribution in [3.05, 3.63) is 46.5 Å². The van der Waals surface area contributed by atoms with E-state index >= 15 is 0 Å². The topological polar surface area (TPSA) is 117 Å². The van der Waals surface area contributed by atoms with Crippen LogP contribution in [-0.2, 0) is 16.0 Å². The number of aromatic nitrogens is 3. The van der Waals surface area contributed by atoms with E-state index in [2.05, 4.69) is 15.4 Å². The Balaban J connectivity index is 1.58. The molecule has 1 aliphatic rings. The normalized spacial score (nSPS) is 13.9. The van der Waals surface area contributed by atoms with Crippen molar-refractivity contribution >= 4 is 35.1 Å². The van der Waals surface area contributed by atoms with Gasteiger partial charge in [0.05, 0.1) is 37.1 Å². The van der Waals surface area contributed by atoms with Crippen LogP contribution in [0.3, 0.4) is 0 Å². The maximum Gasteiger partial charge on any atom is 0.407 e. The number of hydrogen-bond donors (Lipinski definition) is 1. The lowest BCUT2D eigenvalue weighted by atomic mass is 10.1. The minimum absolute atomic E-state index is 0.0921. The molecule has 0 bridgehead atoms. The summed E-state index contributed by atoms with van der Waals surface area (Å²) in [7, 11) is 0. The Hall–Kier alpha value is -3.80. The number of nitrogens with one attached hydrogen (secondary N) is 1. The average Bonchev–Trinajstić information content (AvgIpc) is 3.28. The second-order valence-corrected chi connectivity index (χ2v) is 10.3. The number of carbonyl (C=O) groups is 2. The summed E-state index contributed by atoms with van der Waals surface area (Å²) in [6.07, 6.45) is 1.96. The van der Waals surface area contributed by atoms with Gasteiger partial charge in [0.15, 0.2) is 17.2 Å². The Morgan fingerprint density at radius 1 is 1.31 bits per heavy atom. The highest BCUT2D eigenvalue weighted by Crippen LogP contribution is 2.36. The number of esters is 1. The number of nitrogens with zero attached hydrogens (tertiary/aromatic N) is 4. The molecule has 210 valence electrons. The Morgan fingerprint density at radius 2 is 2.08 bits per heavy atom. The van der Waals surface area contributed by atoms with E-state index in [4.69, 9.17) is 30.5 Å². The molecule has 0 radical (unpaired) electrons. The lowest BCUT2D eigenvalue weighted by molar-refractivity contribution is 0.0501. The Morgan fingerprint density at radius 3 is 2.79 bits per heavy atom. The van der Waals surface area contributed by atoms with Gasteiger partial charge in [-0.3, -0.25) is 0 Å². The summed E-state index contributed by atoms with van der Waals surface area (Å²) in [5.41, 5.74) is 0.276. The molecule has 0 unspecified atom stereocenters. The zero-order valence-electron chi connectivity index (χ0n) is 22.4. The van der Waals surface area contributed by atoms with Gasteiger partial charge in [0, 0.05) is 12.1 Å². The van der Waals surface area contributed by atoms with Crippen LogP contribution in [0.1, 0.15) is 50.5 Å². The number of rotatable bonds is 8. The number of alkyl carbamates (subject to hydrolysis) is 1. The van der Waals surface area contributed by atoms with E-state index in [1.165, 1.54) is 22.8 Å². The molecule has 2 aromatic heterocycles. The van der Waals surface area contributed by atoms with Crippen molar-refractivity contribution < 1.29 is 32.9 Å². The summed E-state index contributed by atoms with van der Waals surface area (Å²) in [6.45, 7) is 10.1. The Bertz CT molecular complexity index is 1380. The second kappa shape index (κ2) is 11.5. The van der Waals surface area contributed by atoms with Crippen molar-refractivity contribution in [3.63, 3.8) is 0 Å². The van der Waals surface area contributed by atoms with Crippen molar-refractivity contribution in [2.24, 2.45) is 0 Å². The van der Waals surface area contributed by atoms with Gasteiger partial charge in [-0.15, -0.1) is 0 Å². The number of benzene rings is 1. The molecular formula is C26H31ClFN5O6. The zero-order valence-corrected chi connectivity index (χ0v) is 23.2. The second-order valence-electron chi connectivity index (χ2n) is 9.89. The largest absolute Gasteiger partial charge is 0.488 e. The quantitative estimate of drug-likeness (QED) is 0.398. The number of anilines is 1. The first-order chi connectivity index (χ1) is 18.5. The molecule has 1 atom stereocenters. The highest BCUT2D eigenvalue weighted by molar-refractivity contribution is 6.31. The number of carbonyl (C=O) groups excluding carboxylic acids is 2. The SMILES string of the molecule is CCOC(=O)c1cnn2cc3c(nc12)N(Cc1c(O[C@@H](C)CNC(=O)OC(C)(C)C)ccc(F)c1Cl)CCO3. The first-order valence-electron chi connectivity index (χ1n) is 12.5. The molecule has 11 nitrogen and oxygen atoms in total. The molecule has 0 fully saturated rings. The van der Waals surface area contributed by atoms with Gasteiger partial charge in [-0.25, -0.2) is 23.5 Å². The predicted octanol–water partition coefficient (Wildman–Crippen LogP) is 4.39. The van der Waals surface area contributed by atoms with Gasteiger partial charge in [0.25, 0.3) is 0 Å². The van der Waals surface area contributed by atoms with Crippen molar-refractivity contribution in [2.75, 3.05) is 31.2 Å². The molecule has 3 heterocycles. The Labute approximate surface area is 230 Å². The van der Waals surface area contributed by atoms with Gasteiger partial charge in [-0.2, -0.15) is 5.10 Å². The zero-order chi connectivity index (χ0) is 28.3. The van der Waals surface area contributed by atoms with Crippen molar-refractivity contribution in [2.45, 2.75) is 52.9 Å². The third kappa shape index (κ3) is 6.62. The minimum atomic E-state index is -0.631. The number of ether oxygens (including phenoxy) is 4. The number of hydrogen-bond acceptors (Lipinski definition) is 9. The van der Waals surface area contributed by atoms with Crippen LogP contribution in [0, 0.1) is 5.82 Å². The Kier molecular flexibility index (Phi) is 8.34. The van der Waals surface area contributed by atoms with E-state index in [1.54, 1.807) is 40.8 Å². The van der Waals surface area contributed by atoms with Gasteiger partial charge in [-0.05, 0) is 46.8 Å². The molecule has 1 aromatic carbocycles. The van der Waals surface area contributed by atoms with E-state index in [-0.39, 0.29) is 30.3 Å². The van der Waals surface area contributed by atoms with Gasteiger partial charge in [0.2, 0.25) is 0 Å². The molecule has 1 aliphatic heterocycles. The highest BCUT2D eigenvalue weighted by atomic mass is 35.5. The summed E-state index contributed by atoms with van der Waals surface area (Å²) in [4.78, 5) is 30.9. The molecule has 1 N–H and O–H groups in total. The van der Waals surface area contributed by atoms with Crippen molar-refractivity contribution in [1.82, 2.24) is 19.9 Å². The number of halogens is 2. The van der Waals surface area contributed by atoms with Crippen LogP contribution in [-0.4, -0.2) is 64.7 Å². The minimum Gasteiger partial charge on any atom is -0.488 e. The summed E-state index contributed by atoms with van der Waals surface area (Å²) in [5.74, 6) is 0.0883. The molecule has 3 aromatic rings. The lowest BCUT2D eigenvalue weighted by Crippen LogP contribution is -2.38. The molecule has 39 heavy (non-hydrogen) atoms. The molecule has 0 spiro atoms. The van der Waals surface area contributed by atoms with Crippen LogP contribution in [0.25, 0.3) is 5.65 Å². The monoisotopic (exact) mass is 563 g/mol. The molecule has 1 amide bonds. The molecule has 0 saturated carbocycles. The first-order valence-corrected chi connectivity index (χ1v) is 12.9. The van der Waals surface area contributed by atoms with E-state index in [1.807, 2.05) is 4.90 Å². The van der Waals surface area contributed by atoms with Crippen molar-refractivity contribution in [3.8, 4) is 11.5 Å². The van der Waals surface area contributed by atoms with Gasteiger partial charge in [-0.1, -0.05) is 11.6 Å². The highest BCUT2D eigenvalue weighted by Gasteiger charge is 2.27. The molecule has 0 aliphatic carbocycles.